The van der Waals surface area contributed by atoms with E-state index in [9.17, 15) is 34.5 Å². The summed E-state index contributed by atoms with van der Waals surface area (Å²) in [6.45, 7) is 2.60. The minimum absolute atomic E-state index is 0.380. The molecule has 0 spiro atoms. The molecule has 1 unspecified atom stereocenters. The highest BCUT2D eigenvalue weighted by Gasteiger charge is 2.52. The number of rotatable bonds is 12. The van der Waals surface area contributed by atoms with Crippen LogP contribution in [0.2, 0.25) is 0 Å². The number of aliphatic hydroxyl groups excluding tert-OH is 3. The van der Waals surface area contributed by atoms with Gasteiger partial charge >= 0.3 is 5.69 Å². The maximum atomic E-state index is 12.9. The Hall–Kier alpha value is -4.06. The third kappa shape index (κ3) is 7.30. The Morgan fingerprint density at radius 1 is 1.14 bits per heavy atom. The second kappa shape index (κ2) is 13.9. The standard InChI is InChI=1S/C27H34N4O12/c1-3-4-11-40-14-7-5-13(6-8-14)29-24(37)16-12-15(32)18(34)26(41-16)43-22(23(28)36)21-20(39-2)19(35)25(42-21)31-10-9-17(33)30-27(31)38/h5-10,12,15,18-22,25-26,32,34-35H,3-4,11H2,1-2H3,(H2,28,36)(H,29,37)(H,30,33,38)/t15-,18-,19+,20-,21-,22?,25+,26+/m0/s1. The first-order valence-corrected chi connectivity index (χ1v) is 13.5. The SMILES string of the molecule is CCCCOc1ccc(NC(=O)C2=C[C@H](O)[C@H](O)[C@@H](OC(C(N)=O)[C@H]3O[C@@H](n4ccc(=O)[nH]c4=O)[C@H](O)[C@@H]3OC)O2)cc1. The average molecular weight is 607 g/mol. The summed E-state index contributed by atoms with van der Waals surface area (Å²) in [7, 11) is 1.20. The molecule has 7 N–H and O–H groups in total. The number of carbonyl (C=O) groups is 2. The Morgan fingerprint density at radius 2 is 1.86 bits per heavy atom. The first-order valence-electron chi connectivity index (χ1n) is 13.5. The summed E-state index contributed by atoms with van der Waals surface area (Å²) in [4.78, 5) is 51.2. The summed E-state index contributed by atoms with van der Waals surface area (Å²) in [6.07, 6.45) is -8.82. The lowest BCUT2D eigenvalue weighted by atomic mass is 10.0. The first-order chi connectivity index (χ1) is 20.5. The highest BCUT2D eigenvalue weighted by molar-refractivity contribution is 6.02. The zero-order valence-corrected chi connectivity index (χ0v) is 23.3. The number of carbonyl (C=O) groups excluding carboxylic acids is 2. The molecule has 1 aromatic heterocycles. The zero-order valence-electron chi connectivity index (χ0n) is 23.3. The van der Waals surface area contributed by atoms with E-state index in [0.29, 0.717) is 18.0 Å². The Kier molecular flexibility index (Phi) is 10.3. The van der Waals surface area contributed by atoms with Gasteiger partial charge in [0.15, 0.2) is 18.1 Å². The van der Waals surface area contributed by atoms with Crippen molar-refractivity contribution in [2.45, 2.75) is 68.9 Å². The van der Waals surface area contributed by atoms with E-state index in [1.807, 2.05) is 11.9 Å². The molecule has 0 bridgehead atoms. The Bertz CT molecular complexity index is 1420. The minimum Gasteiger partial charge on any atom is -0.494 e. The van der Waals surface area contributed by atoms with Gasteiger partial charge in [-0.15, -0.1) is 0 Å². The maximum Gasteiger partial charge on any atom is 0.330 e. The summed E-state index contributed by atoms with van der Waals surface area (Å²) in [5, 5.41) is 34.4. The minimum atomic E-state index is -1.80. The molecule has 16 nitrogen and oxygen atoms in total. The monoisotopic (exact) mass is 606 g/mol. The van der Waals surface area contributed by atoms with E-state index in [0.717, 1.165) is 35.7 Å². The fraction of sp³-hybridized carbons (Fsp3) is 0.481. The first kappa shape index (κ1) is 31.9. The number of hydrogen-bond acceptors (Lipinski definition) is 12. The van der Waals surface area contributed by atoms with Crippen molar-refractivity contribution in [2.75, 3.05) is 19.0 Å². The van der Waals surface area contributed by atoms with Crippen molar-refractivity contribution in [3.63, 3.8) is 0 Å². The fourth-order valence-electron chi connectivity index (χ4n) is 4.55. The summed E-state index contributed by atoms with van der Waals surface area (Å²) in [5.41, 5.74) is 4.35. The third-order valence-corrected chi connectivity index (χ3v) is 6.80. The van der Waals surface area contributed by atoms with E-state index in [1.54, 1.807) is 24.3 Å². The lowest BCUT2D eigenvalue weighted by Crippen LogP contribution is -2.53. The number of aromatic nitrogens is 2. The van der Waals surface area contributed by atoms with Crippen LogP contribution in [0, 0.1) is 0 Å². The Labute approximate surface area is 244 Å². The van der Waals surface area contributed by atoms with Crippen LogP contribution in [0.4, 0.5) is 5.69 Å². The van der Waals surface area contributed by atoms with Crippen molar-refractivity contribution in [1.82, 2.24) is 9.55 Å². The van der Waals surface area contributed by atoms with Crippen LogP contribution in [-0.4, -0.2) is 93.3 Å². The molecule has 4 rings (SSSR count). The van der Waals surface area contributed by atoms with Crippen LogP contribution in [0.3, 0.4) is 0 Å². The van der Waals surface area contributed by atoms with Crippen LogP contribution in [0.1, 0.15) is 26.0 Å². The van der Waals surface area contributed by atoms with Crippen LogP contribution in [-0.2, 0) is 28.5 Å². The highest BCUT2D eigenvalue weighted by Crippen LogP contribution is 2.34. The number of nitrogens with two attached hydrogens (primary N) is 1. The van der Waals surface area contributed by atoms with Crippen LogP contribution < -0.4 is 27.0 Å². The second-order valence-electron chi connectivity index (χ2n) is 9.84. The number of amides is 2. The van der Waals surface area contributed by atoms with Gasteiger partial charge in [-0.2, -0.15) is 0 Å². The molecular weight excluding hydrogens is 572 g/mol. The van der Waals surface area contributed by atoms with Gasteiger partial charge in [-0.3, -0.25) is 23.9 Å². The lowest BCUT2D eigenvalue weighted by molar-refractivity contribution is -0.241. The molecule has 1 aromatic carbocycles. The van der Waals surface area contributed by atoms with Crippen LogP contribution in [0.25, 0.3) is 0 Å². The molecule has 0 aliphatic carbocycles. The molecule has 1 saturated heterocycles. The predicted molar refractivity (Wildman–Crippen MR) is 147 cm³/mol. The summed E-state index contributed by atoms with van der Waals surface area (Å²) >= 11 is 0. The van der Waals surface area contributed by atoms with Crippen molar-refractivity contribution in [3.05, 3.63) is 69.2 Å². The van der Waals surface area contributed by atoms with Gasteiger partial charge in [0, 0.05) is 25.1 Å². The molecular formula is C27H34N4O12. The van der Waals surface area contributed by atoms with E-state index < -0.39 is 78.0 Å². The number of primary amides is 1. The molecule has 234 valence electrons. The van der Waals surface area contributed by atoms with Crippen molar-refractivity contribution in [2.24, 2.45) is 5.73 Å². The number of anilines is 1. The smallest absolute Gasteiger partial charge is 0.330 e. The van der Waals surface area contributed by atoms with E-state index in [1.165, 1.54) is 7.11 Å². The van der Waals surface area contributed by atoms with Crippen LogP contribution in [0.5, 0.6) is 5.75 Å². The van der Waals surface area contributed by atoms with Gasteiger partial charge in [-0.25, -0.2) is 4.79 Å². The highest BCUT2D eigenvalue weighted by atomic mass is 16.7. The molecule has 0 radical (unpaired) electrons. The number of unbranched alkanes of at least 4 members (excludes halogenated alkanes) is 1. The van der Waals surface area contributed by atoms with Crippen LogP contribution >= 0.6 is 0 Å². The molecule has 16 heteroatoms. The van der Waals surface area contributed by atoms with Gasteiger partial charge in [0.2, 0.25) is 12.2 Å². The van der Waals surface area contributed by atoms with E-state index >= 15 is 0 Å². The summed E-state index contributed by atoms with van der Waals surface area (Å²) < 4.78 is 28.6. The maximum absolute atomic E-state index is 12.9. The van der Waals surface area contributed by atoms with Crippen molar-refractivity contribution < 1.29 is 48.6 Å². The second-order valence-corrected chi connectivity index (χ2v) is 9.84. The number of aliphatic hydroxyl groups is 3. The number of hydrogen-bond donors (Lipinski definition) is 6. The van der Waals surface area contributed by atoms with Gasteiger partial charge in [-0.1, -0.05) is 13.3 Å². The Morgan fingerprint density at radius 3 is 2.49 bits per heavy atom. The normalized spacial score (nSPS) is 27.6. The van der Waals surface area contributed by atoms with E-state index in [4.69, 9.17) is 29.4 Å². The molecule has 1 fully saturated rings. The van der Waals surface area contributed by atoms with Gasteiger partial charge in [-0.05, 0) is 36.8 Å². The van der Waals surface area contributed by atoms with E-state index in [-0.39, 0.29) is 0 Å². The van der Waals surface area contributed by atoms with Crippen molar-refractivity contribution in [1.29, 1.82) is 0 Å². The molecule has 3 heterocycles. The summed E-state index contributed by atoms with van der Waals surface area (Å²) in [6, 6.07) is 7.56. The average Bonchev–Trinajstić information content (AvgIpc) is 3.29. The third-order valence-electron chi connectivity index (χ3n) is 6.80. The van der Waals surface area contributed by atoms with Crippen molar-refractivity contribution >= 4 is 17.5 Å². The summed E-state index contributed by atoms with van der Waals surface area (Å²) in [5.74, 6) is -1.75. The Balaban J connectivity index is 1.48. The van der Waals surface area contributed by atoms with Gasteiger partial charge < -0.3 is 50.1 Å². The predicted octanol–water partition coefficient (Wildman–Crippen LogP) is -1.54. The molecule has 2 aromatic rings. The topological polar surface area (TPSA) is 234 Å². The van der Waals surface area contributed by atoms with Gasteiger partial charge in [0.1, 0.15) is 36.3 Å². The van der Waals surface area contributed by atoms with Gasteiger partial charge in [0.25, 0.3) is 11.5 Å². The van der Waals surface area contributed by atoms with Crippen molar-refractivity contribution in [3.8, 4) is 5.75 Å². The fourth-order valence-corrected chi connectivity index (χ4v) is 4.55. The number of benzene rings is 1. The molecule has 2 amide bonds. The molecule has 8 atom stereocenters. The number of methoxy groups -OCH3 is 1. The molecule has 43 heavy (non-hydrogen) atoms. The quantitative estimate of drug-likeness (QED) is 0.151. The lowest BCUT2D eigenvalue weighted by Gasteiger charge is -2.35. The largest absolute Gasteiger partial charge is 0.494 e. The zero-order chi connectivity index (χ0) is 31.3. The number of nitrogens with zero attached hydrogens (tertiary/aromatic N) is 1. The molecule has 2 aliphatic heterocycles. The van der Waals surface area contributed by atoms with Crippen LogP contribution in [0.15, 0.2) is 58.0 Å². The molecule has 0 saturated carbocycles. The number of ether oxygens (including phenoxy) is 5. The number of nitrogens with one attached hydrogen (secondary N) is 2. The number of H-pyrrole nitrogens is 1. The van der Waals surface area contributed by atoms with E-state index in [2.05, 4.69) is 5.32 Å². The number of aromatic amines is 1. The van der Waals surface area contributed by atoms with Gasteiger partial charge in [0.05, 0.1) is 6.61 Å². The molecule has 2 aliphatic rings.